The third kappa shape index (κ3) is 2.07. The summed E-state index contributed by atoms with van der Waals surface area (Å²) in [5.74, 6) is 1.01. The predicted molar refractivity (Wildman–Crippen MR) is 56.8 cm³/mol. The van der Waals surface area contributed by atoms with Gasteiger partial charge >= 0.3 is 0 Å². The van der Waals surface area contributed by atoms with Gasteiger partial charge in [0.1, 0.15) is 0 Å². The van der Waals surface area contributed by atoms with Gasteiger partial charge in [-0.25, -0.2) is 0 Å². The van der Waals surface area contributed by atoms with Gasteiger partial charge in [-0.3, -0.25) is 0 Å². The summed E-state index contributed by atoms with van der Waals surface area (Å²) in [7, 11) is 0. The molecular formula is C12H23N. The summed E-state index contributed by atoms with van der Waals surface area (Å²) in [4.78, 5) is 0. The Morgan fingerprint density at radius 3 is 2.38 bits per heavy atom. The Morgan fingerprint density at radius 1 is 1.23 bits per heavy atom. The minimum atomic E-state index is 0.510. The molecule has 0 radical (unpaired) electrons. The number of rotatable bonds is 3. The minimum absolute atomic E-state index is 0.510. The van der Waals surface area contributed by atoms with Crippen LogP contribution in [0.4, 0.5) is 0 Å². The minimum Gasteiger partial charge on any atom is -0.309 e. The van der Waals surface area contributed by atoms with Crippen molar-refractivity contribution in [2.45, 2.75) is 70.4 Å². The van der Waals surface area contributed by atoms with Gasteiger partial charge in [0, 0.05) is 11.6 Å². The van der Waals surface area contributed by atoms with Gasteiger partial charge in [0.25, 0.3) is 0 Å². The highest BCUT2D eigenvalue weighted by Gasteiger charge is 2.40. The molecule has 76 valence electrons. The first-order valence-corrected chi connectivity index (χ1v) is 5.99. The molecule has 0 heterocycles. The topological polar surface area (TPSA) is 12.0 Å². The van der Waals surface area contributed by atoms with E-state index in [9.17, 15) is 0 Å². The van der Waals surface area contributed by atoms with Crippen molar-refractivity contribution < 1.29 is 0 Å². The summed E-state index contributed by atoms with van der Waals surface area (Å²) in [5.41, 5.74) is 0.510. The number of nitrogens with one attached hydrogen (secondary N) is 1. The Balaban J connectivity index is 1.75. The van der Waals surface area contributed by atoms with Crippen LogP contribution in [0.3, 0.4) is 0 Å². The van der Waals surface area contributed by atoms with E-state index in [-0.39, 0.29) is 0 Å². The second-order valence-electron chi connectivity index (χ2n) is 5.37. The molecule has 0 unspecified atom stereocenters. The van der Waals surface area contributed by atoms with Crippen molar-refractivity contribution >= 4 is 0 Å². The summed E-state index contributed by atoms with van der Waals surface area (Å²) in [6.07, 6.45) is 9.95. The van der Waals surface area contributed by atoms with Crippen LogP contribution in [-0.4, -0.2) is 11.6 Å². The fourth-order valence-corrected chi connectivity index (χ4v) is 3.18. The third-order valence-corrected chi connectivity index (χ3v) is 3.96. The molecule has 0 aromatic carbocycles. The monoisotopic (exact) mass is 181 g/mol. The highest BCUT2D eigenvalue weighted by atomic mass is 15.0. The molecule has 2 aliphatic carbocycles. The van der Waals surface area contributed by atoms with Gasteiger partial charge in [0.2, 0.25) is 0 Å². The highest BCUT2D eigenvalue weighted by Crippen LogP contribution is 2.40. The Bertz CT molecular complexity index is 164. The number of hydrogen-bond donors (Lipinski definition) is 1. The number of hydrogen-bond acceptors (Lipinski definition) is 1. The lowest BCUT2D eigenvalue weighted by Gasteiger charge is -2.47. The van der Waals surface area contributed by atoms with Crippen LogP contribution in [0.15, 0.2) is 0 Å². The molecule has 2 fully saturated rings. The zero-order chi connectivity index (χ0) is 9.31. The van der Waals surface area contributed by atoms with E-state index in [0.717, 1.165) is 12.0 Å². The Kier molecular flexibility index (Phi) is 2.64. The summed E-state index contributed by atoms with van der Waals surface area (Å²) in [6, 6.07) is 0.850. The molecule has 0 aliphatic heterocycles. The van der Waals surface area contributed by atoms with Crippen LogP contribution in [-0.2, 0) is 0 Å². The third-order valence-electron chi connectivity index (χ3n) is 3.96. The summed E-state index contributed by atoms with van der Waals surface area (Å²) in [6.45, 7) is 4.73. The first-order valence-electron chi connectivity index (χ1n) is 5.99. The molecule has 2 aliphatic rings. The van der Waals surface area contributed by atoms with Crippen LogP contribution in [0.25, 0.3) is 0 Å². The van der Waals surface area contributed by atoms with Crippen molar-refractivity contribution in [3.63, 3.8) is 0 Å². The van der Waals surface area contributed by atoms with Gasteiger partial charge in [0.05, 0.1) is 0 Å². The molecule has 1 N–H and O–H groups in total. The molecule has 0 amide bonds. The maximum absolute atomic E-state index is 3.86. The van der Waals surface area contributed by atoms with E-state index in [1.807, 2.05) is 0 Å². The first kappa shape index (κ1) is 9.51. The lowest BCUT2D eigenvalue weighted by Crippen LogP contribution is -2.55. The fourth-order valence-electron chi connectivity index (χ4n) is 3.18. The molecule has 0 atom stereocenters. The smallest absolute Gasteiger partial charge is 0.0161 e. The van der Waals surface area contributed by atoms with E-state index in [1.54, 1.807) is 0 Å². The van der Waals surface area contributed by atoms with Crippen LogP contribution >= 0.6 is 0 Å². The van der Waals surface area contributed by atoms with Crippen LogP contribution in [0.5, 0.6) is 0 Å². The van der Waals surface area contributed by atoms with Crippen molar-refractivity contribution in [1.82, 2.24) is 5.32 Å². The first-order chi connectivity index (χ1) is 6.22. The van der Waals surface area contributed by atoms with E-state index in [0.29, 0.717) is 5.54 Å². The summed E-state index contributed by atoms with van der Waals surface area (Å²) >= 11 is 0. The van der Waals surface area contributed by atoms with Gasteiger partial charge in [0.15, 0.2) is 0 Å². The van der Waals surface area contributed by atoms with Crippen LogP contribution in [0, 0.1) is 5.92 Å². The van der Waals surface area contributed by atoms with E-state index in [4.69, 9.17) is 0 Å². The molecule has 1 heteroatoms. The van der Waals surface area contributed by atoms with E-state index < -0.39 is 0 Å². The molecule has 1 nitrogen and oxygen atoms in total. The van der Waals surface area contributed by atoms with Gasteiger partial charge in [-0.15, -0.1) is 0 Å². The molecule has 13 heavy (non-hydrogen) atoms. The summed E-state index contributed by atoms with van der Waals surface area (Å²) in [5, 5.41) is 3.86. The lowest BCUT2D eigenvalue weighted by molar-refractivity contribution is 0.105. The average Bonchev–Trinajstić information content (AvgIpc) is 2.52. The van der Waals surface area contributed by atoms with Crippen LogP contribution in [0.1, 0.15) is 58.8 Å². The molecule has 0 aromatic heterocycles. The Labute approximate surface area is 82.3 Å². The molecular weight excluding hydrogens is 158 g/mol. The van der Waals surface area contributed by atoms with Crippen molar-refractivity contribution in [1.29, 1.82) is 0 Å². The van der Waals surface area contributed by atoms with Gasteiger partial charge < -0.3 is 5.32 Å². The maximum Gasteiger partial charge on any atom is 0.0161 e. The molecule has 2 saturated carbocycles. The van der Waals surface area contributed by atoms with E-state index in [1.165, 1.54) is 44.9 Å². The van der Waals surface area contributed by atoms with E-state index in [2.05, 4.69) is 19.2 Å². The van der Waals surface area contributed by atoms with Gasteiger partial charge in [-0.1, -0.05) is 26.2 Å². The molecule has 2 rings (SSSR count). The zero-order valence-electron chi connectivity index (χ0n) is 9.10. The second-order valence-corrected chi connectivity index (χ2v) is 5.37. The van der Waals surface area contributed by atoms with Crippen LogP contribution in [0.2, 0.25) is 0 Å². The molecule has 0 bridgehead atoms. The molecule has 0 aromatic rings. The highest BCUT2D eigenvalue weighted by molar-refractivity contribution is 4.99. The SMILES string of the molecule is CCC1CC(C)(NC2CCCC2)C1. The quantitative estimate of drug-likeness (QED) is 0.705. The van der Waals surface area contributed by atoms with Crippen molar-refractivity contribution in [2.24, 2.45) is 5.92 Å². The summed E-state index contributed by atoms with van der Waals surface area (Å²) < 4.78 is 0. The van der Waals surface area contributed by atoms with Crippen molar-refractivity contribution in [3.05, 3.63) is 0 Å². The van der Waals surface area contributed by atoms with Gasteiger partial charge in [-0.2, -0.15) is 0 Å². The van der Waals surface area contributed by atoms with Crippen LogP contribution < -0.4 is 5.32 Å². The average molecular weight is 181 g/mol. The van der Waals surface area contributed by atoms with Crippen molar-refractivity contribution in [3.8, 4) is 0 Å². The molecule has 0 saturated heterocycles. The van der Waals surface area contributed by atoms with Gasteiger partial charge in [-0.05, 0) is 38.5 Å². The maximum atomic E-state index is 3.86. The largest absolute Gasteiger partial charge is 0.309 e. The second kappa shape index (κ2) is 3.61. The Morgan fingerprint density at radius 2 is 1.85 bits per heavy atom. The predicted octanol–water partition coefficient (Wildman–Crippen LogP) is 3.10. The normalized spacial score (nSPS) is 40.6. The standard InChI is InChI=1S/C12H23N/c1-3-10-8-12(2,9-10)13-11-6-4-5-7-11/h10-11,13H,3-9H2,1-2H3. The fraction of sp³-hybridized carbons (Fsp3) is 1.00. The van der Waals surface area contributed by atoms with Crippen molar-refractivity contribution in [2.75, 3.05) is 0 Å². The zero-order valence-corrected chi connectivity index (χ0v) is 9.10. The Hall–Kier alpha value is -0.0400. The molecule has 0 spiro atoms. The lowest BCUT2D eigenvalue weighted by atomic mass is 9.68. The van der Waals surface area contributed by atoms with E-state index >= 15 is 0 Å².